The van der Waals surface area contributed by atoms with Crippen LogP contribution in [0.5, 0.6) is 0 Å². The second kappa shape index (κ2) is 5.39. The Bertz CT molecular complexity index is 412. The molecule has 1 unspecified atom stereocenters. The Morgan fingerprint density at radius 2 is 1.78 bits per heavy atom. The summed E-state index contributed by atoms with van der Waals surface area (Å²) < 4.78 is 37.2. The molecule has 100 valence electrons. The number of benzene rings is 1. The Morgan fingerprint density at radius 3 is 2.11 bits per heavy atom. The molecule has 1 N–H and O–H groups in total. The zero-order valence-corrected chi connectivity index (χ0v) is 10.0. The predicted octanol–water partition coefficient (Wildman–Crippen LogP) is 2.78. The van der Waals surface area contributed by atoms with Gasteiger partial charge in [0.05, 0.1) is 12.0 Å². The molecule has 0 amide bonds. The van der Waals surface area contributed by atoms with Crippen LogP contribution in [0.3, 0.4) is 0 Å². The van der Waals surface area contributed by atoms with E-state index in [4.69, 9.17) is 5.11 Å². The summed E-state index contributed by atoms with van der Waals surface area (Å²) in [6.07, 6.45) is -4.53. The Hall–Kier alpha value is -1.56. The number of carbonyl (C=O) groups is 1. The summed E-state index contributed by atoms with van der Waals surface area (Å²) in [5, 5.41) is 8.77. The highest BCUT2D eigenvalue weighted by Gasteiger charge is 2.30. The lowest BCUT2D eigenvalue weighted by molar-refractivity contribution is -0.139. The highest BCUT2D eigenvalue weighted by molar-refractivity contribution is 5.67. The molecule has 0 aliphatic rings. The van der Waals surface area contributed by atoms with Gasteiger partial charge in [-0.1, -0.05) is 12.1 Å². The highest BCUT2D eigenvalue weighted by atomic mass is 19.4. The fourth-order valence-electron chi connectivity index (χ4n) is 1.66. The van der Waals surface area contributed by atoms with E-state index >= 15 is 0 Å². The van der Waals surface area contributed by atoms with Crippen LogP contribution >= 0.6 is 0 Å². The quantitative estimate of drug-likeness (QED) is 0.906. The molecule has 6 heteroatoms. The van der Waals surface area contributed by atoms with E-state index in [2.05, 4.69) is 0 Å². The average molecular weight is 261 g/mol. The van der Waals surface area contributed by atoms with Crippen molar-refractivity contribution in [3.8, 4) is 0 Å². The first-order valence-corrected chi connectivity index (χ1v) is 5.27. The van der Waals surface area contributed by atoms with Crippen molar-refractivity contribution >= 4 is 5.97 Å². The number of hydrogen-bond acceptors (Lipinski definition) is 2. The summed E-state index contributed by atoms with van der Waals surface area (Å²) >= 11 is 0. The average Bonchev–Trinajstić information content (AvgIpc) is 2.24. The van der Waals surface area contributed by atoms with Gasteiger partial charge in [-0.15, -0.1) is 0 Å². The minimum atomic E-state index is -4.38. The van der Waals surface area contributed by atoms with Gasteiger partial charge in [0.2, 0.25) is 0 Å². The van der Waals surface area contributed by atoms with Gasteiger partial charge in [0.25, 0.3) is 0 Å². The molecular weight excluding hydrogens is 247 g/mol. The summed E-state index contributed by atoms with van der Waals surface area (Å²) in [5.41, 5.74) is -0.186. The highest BCUT2D eigenvalue weighted by Crippen LogP contribution is 2.31. The maximum atomic E-state index is 12.4. The first kappa shape index (κ1) is 14.5. The molecule has 0 radical (unpaired) electrons. The van der Waals surface area contributed by atoms with E-state index in [0.29, 0.717) is 5.56 Å². The molecule has 0 bridgehead atoms. The van der Waals surface area contributed by atoms with Crippen LogP contribution in [-0.4, -0.2) is 30.1 Å². The van der Waals surface area contributed by atoms with E-state index in [0.717, 1.165) is 12.1 Å². The summed E-state index contributed by atoms with van der Waals surface area (Å²) in [6.45, 7) is 0. The van der Waals surface area contributed by atoms with E-state index in [1.807, 2.05) is 0 Å². The molecule has 0 spiro atoms. The van der Waals surface area contributed by atoms with Crippen molar-refractivity contribution in [2.24, 2.45) is 0 Å². The van der Waals surface area contributed by atoms with Gasteiger partial charge in [-0.2, -0.15) is 13.2 Å². The second-order valence-corrected chi connectivity index (χ2v) is 4.20. The first-order valence-electron chi connectivity index (χ1n) is 5.27. The van der Waals surface area contributed by atoms with Crippen LogP contribution in [0.1, 0.15) is 23.6 Å². The fraction of sp³-hybridized carbons (Fsp3) is 0.417. The lowest BCUT2D eigenvalue weighted by Crippen LogP contribution is -2.22. The predicted molar refractivity (Wildman–Crippen MR) is 60.1 cm³/mol. The zero-order valence-electron chi connectivity index (χ0n) is 10.0. The number of carboxylic acid groups (broad SMARTS) is 1. The third-order valence-electron chi connectivity index (χ3n) is 2.61. The van der Waals surface area contributed by atoms with Gasteiger partial charge >= 0.3 is 12.1 Å². The van der Waals surface area contributed by atoms with Gasteiger partial charge in [-0.05, 0) is 31.8 Å². The topological polar surface area (TPSA) is 40.5 Å². The maximum Gasteiger partial charge on any atom is 0.416 e. The van der Waals surface area contributed by atoms with Crippen molar-refractivity contribution in [1.29, 1.82) is 0 Å². The molecule has 1 atom stereocenters. The number of hydrogen-bond donors (Lipinski definition) is 1. The molecular formula is C12H14F3NO2. The molecule has 0 fully saturated rings. The smallest absolute Gasteiger partial charge is 0.416 e. The van der Waals surface area contributed by atoms with Crippen molar-refractivity contribution in [2.45, 2.75) is 18.6 Å². The molecule has 0 saturated heterocycles. The van der Waals surface area contributed by atoms with E-state index in [9.17, 15) is 18.0 Å². The number of nitrogens with zero attached hydrogens (tertiary/aromatic N) is 1. The molecule has 3 nitrogen and oxygen atoms in total. The molecule has 1 rings (SSSR count). The normalized spacial score (nSPS) is 13.7. The van der Waals surface area contributed by atoms with Crippen molar-refractivity contribution in [3.63, 3.8) is 0 Å². The van der Waals surface area contributed by atoms with Crippen LogP contribution < -0.4 is 0 Å². The van der Waals surface area contributed by atoms with Crippen LogP contribution in [0.15, 0.2) is 24.3 Å². The maximum absolute atomic E-state index is 12.4. The number of rotatable bonds is 4. The second-order valence-electron chi connectivity index (χ2n) is 4.20. The third-order valence-corrected chi connectivity index (χ3v) is 2.61. The first-order chi connectivity index (χ1) is 8.21. The van der Waals surface area contributed by atoms with Crippen LogP contribution in [0.2, 0.25) is 0 Å². The zero-order chi connectivity index (χ0) is 13.9. The van der Waals surface area contributed by atoms with Crippen molar-refractivity contribution < 1.29 is 23.1 Å². The standard InChI is InChI=1S/C12H14F3NO2/c1-16(2)10(7-11(17)18)8-3-5-9(6-4-8)12(13,14)15/h3-6,10H,7H2,1-2H3,(H,17,18). The third kappa shape index (κ3) is 3.73. The van der Waals surface area contributed by atoms with Crippen molar-refractivity contribution in [3.05, 3.63) is 35.4 Å². The van der Waals surface area contributed by atoms with Crippen LogP contribution in [-0.2, 0) is 11.0 Å². The number of alkyl halides is 3. The molecule has 0 aliphatic carbocycles. The molecule has 0 saturated carbocycles. The van der Waals surface area contributed by atoms with Crippen LogP contribution in [0.4, 0.5) is 13.2 Å². The molecule has 1 aromatic carbocycles. The Labute approximate surface area is 103 Å². The molecule has 1 aromatic rings. The minimum absolute atomic E-state index is 0.154. The van der Waals surface area contributed by atoms with E-state index in [1.165, 1.54) is 12.1 Å². The number of aliphatic carboxylic acids is 1. The van der Waals surface area contributed by atoms with Gasteiger partial charge in [0, 0.05) is 6.04 Å². The molecule has 18 heavy (non-hydrogen) atoms. The van der Waals surface area contributed by atoms with Crippen molar-refractivity contribution in [1.82, 2.24) is 4.90 Å². The fourth-order valence-corrected chi connectivity index (χ4v) is 1.66. The molecule has 0 aromatic heterocycles. The van der Waals surface area contributed by atoms with E-state index in [-0.39, 0.29) is 6.42 Å². The number of halogens is 3. The molecule has 0 heterocycles. The summed E-state index contributed by atoms with van der Waals surface area (Å²) in [5.74, 6) is -0.992. The summed E-state index contributed by atoms with van der Waals surface area (Å²) in [4.78, 5) is 12.4. The lowest BCUT2D eigenvalue weighted by Gasteiger charge is -2.23. The Balaban J connectivity index is 2.97. The lowest BCUT2D eigenvalue weighted by atomic mass is 10.0. The summed E-state index contributed by atoms with van der Waals surface area (Å²) in [7, 11) is 3.37. The Morgan fingerprint density at radius 1 is 1.28 bits per heavy atom. The monoisotopic (exact) mass is 261 g/mol. The molecule has 0 aliphatic heterocycles. The van der Waals surface area contributed by atoms with E-state index in [1.54, 1.807) is 19.0 Å². The minimum Gasteiger partial charge on any atom is -0.481 e. The van der Waals surface area contributed by atoms with Gasteiger partial charge < -0.3 is 10.0 Å². The largest absolute Gasteiger partial charge is 0.481 e. The van der Waals surface area contributed by atoms with Gasteiger partial charge in [0.15, 0.2) is 0 Å². The van der Waals surface area contributed by atoms with Gasteiger partial charge in [-0.25, -0.2) is 0 Å². The summed E-state index contributed by atoms with van der Waals surface area (Å²) in [6, 6.07) is 4.12. The SMILES string of the molecule is CN(C)C(CC(=O)O)c1ccc(C(F)(F)F)cc1. The Kier molecular flexibility index (Phi) is 4.34. The van der Waals surface area contributed by atoms with Crippen LogP contribution in [0, 0.1) is 0 Å². The van der Waals surface area contributed by atoms with Gasteiger partial charge in [-0.3, -0.25) is 4.79 Å². The van der Waals surface area contributed by atoms with Gasteiger partial charge in [0.1, 0.15) is 0 Å². The van der Waals surface area contributed by atoms with Crippen LogP contribution in [0.25, 0.3) is 0 Å². The number of carboxylic acids is 1. The van der Waals surface area contributed by atoms with E-state index < -0.39 is 23.8 Å². The van der Waals surface area contributed by atoms with Crippen molar-refractivity contribution in [2.75, 3.05) is 14.1 Å².